The Balaban J connectivity index is 1.28. The maximum Gasteiger partial charge on any atom is 0.410 e. The van der Waals surface area contributed by atoms with Gasteiger partial charge in [-0.3, -0.25) is 4.79 Å². The van der Waals surface area contributed by atoms with E-state index >= 15 is 0 Å². The van der Waals surface area contributed by atoms with Gasteiger partial charge in [-0.1, -0.05) is 0 Å². The van der Waals surface area contributed by atoms with Gasteiger partial charge in [0.05, 0.1) is 5.92 Å². The minimum Gasteiger partial charge on any atom is -0.444 e. The first-order chi connectivity index (χ1) is 15.3. The molecule has 0 aromatic carbocycles. The fourth-order valence-electron chi connectivity index (χ4n) is 5.01. The summed E-state index contributed by atoms with van der Waals surface area (Å²) < 4.78 is 5.49. The molecule has 0 bridgehead atoms. The number of nitrogens with one attached hydrogen (secondary N) is 1. The van der Waals surface area contributed by atoms with Crippen LogP contribution >= 0.6 is 0 Å². The Kier molecular flexibility index (Phi) is 6.86. The van der Waals surface area contributed by atoms with E-state index in [2.05, 4.69) is 20.2 Å². The molecule has 1 aromatic rings. The number of hydrogen-bond donors (Lipinski definition) is 1. The van der Waals surface area contributed by atoms with Crippen LogP contribution in [-0.2, 0) is 22.4 Å². The van der Waals surface area contributed by atoms with Crippen LogP contribution in [0, 0.1) is 5.92 Å². The van der Waals surface area contributed by atoms with Crippen molar-refractivity contribution in [1.82, 2.24) is 20.2 Å². The maximum absolute atomic E-state index is 12.9. The zero-order chi connectivity index (χ0) is 22.7. The molecule has 0 saturated carbocycles. The minimum absolute atomic E-state index is 0.0659. The van der Waals surface area contributed by atoms with E-state index in [0.717, 1.165) is 57.4 Å². The molecule has 8 nitrogen and oxygen atoms in total. The first kappa shape index (κ1) is 22.8. The third-order valence-electron chi connectivity index (χ3n) is 6.69. The summed E-state index contributed by atoms with van der Waals surface area (Å²) in [6, 6.07) is 0.174. The Bertz CT molecular complexity index is 829. The number of fused-ring (bicyclic) bond motifs is 1. The second-order valence-corrected chi connectivity index (χ2v) is 10.4. The summed E-state index contributed by atoms with van der Waals surface area (Å²) in [5.74, 6) is 0.999. The summed E-state index contributed by atoms with van der Waals surface area (Å²) in [5.41, 5.74) is 2.01. The second kappa shape index (κ2) is 9.63. The van der Waals surface area contributed by atoms with E-state index in [-0.39, 0.29) is 24.0 Å². The normalized spacial score (nSPS) is 22.3. The van der Waals surface area contributed by atoms with Crippen LogP contribution in [0.25, 0.3) is 0 Å². The third-order valence-corrected chi connectivity index (χ3v) is 6.69. The van der Waals surface area contributed by atoms with Gasteiger partial charge in [0.1, 0.15) is 17.7 Å². The van der Waals surface area contributed by atoms with Crippen LogP contribution in [0.5, 0.6) is 0 Å². The number of hydrogen-bond acceptors (Lipinski definition) is 6. The summed E-state index contributed by atoms with van der Waals surface area (Å²) >= 11 is 0. The monoisotopic (exact) mass is 443 g/mol. The van der Waals surface area contributed by atoms with E-state index in [1.54, 1.807) is 11.2 Å². The van der Waals surface area contributed by atoms with Crippen molar-refractivity contribution in [2.24, 2.45) is 5.92 Å². The van der Waals surface area contributed by atoms with E-state index in [1.807, 2.05) is 20.8 Å². The Morgan fingerprint density at radius 3 is 2.53 bits per heavy atom. The lowest BCUT2D eigenvalue weighted by Crippen LogP contribution is -2.51. The summed E-state index contributed by atoms with van der Waals surface area (Å²) in [7, 11) is 0. The number of amides is 2. The number of carbonyl (C=O) groups excluding carboxylic acids is 2. The van der Waals surface area contributed by atoms with Gasteiger partial charge in [-0.05, 0) is 72.1 Å². The van der Waals surface area contributed by atoms with Gasteiger partial charge in [-0.25, -0.2) is 14.8 Å². The molecule has 0 radical (unpaired) electrons. The van der Waals surface area contributed by atoms with Gasteiger partial charge in [-0.15, -0.1) is 0 Å². The Morgan fingerprint density at radius 1 is 1.03 bits per heavy atom. The highest BCUT2D eigenvalue weighted by Crippen LogP contribution is 2.29. The number of nitrogens with zero attached hydrogens (tertiary/aromatic N) is 4. The van der Waals surface area contributed by atoms with Gasteiger partial charge in [0.2, 0.25) is 5.91 Å². The summed E-state index contributed by atoms with van der Waals surface area (Å²) in [5, 5.41) is 3.25. The fourth-order valence-corrected chi connectivity index (χ4v) is 5.01. The van der Waals surface area contributed by atoms with Crippen LogP contribution in [0.4, 0.5) is 10.6 Å². The van der Waals surface area contributed by atoms with Crippen LogP contribution in [0.2, 0.25) is 0 Å². The van der Waals surface area contributed by atoms with Gasteiger partial charge >= 0.3 is 6.09 Å². The van der Waals surface area contributed by atoms with E-state index in [0.29, 0.717) is 13.1 Å². The van der Waals surface area contributed by atoms with Crippen LogP contribution in [0.3, 0.4) is 0 Å². The molecule has 3 aliphatic rings. The average molecular weight is 444 g/mol. The maximum atomic E-state index is 12.9. The molecule has 1 aliphatic carbocycles. The lowest BCUT2D eigenvalue weighted by molar-refractivity contribution is -0.127. The lowest BCUT2D eigenvalue weighted by Gasteiger charge is -2.37. The molecular formula is C24H37N5O3. The molecule has 1 atom stereocenters. The number of ether oxygens (including phenoxy) is 1. The number of aromatic nitrogens is 2. The fraction of sp³-hybridized carbons (Fsp3) is 0.750. The first-order valence-electron chi connectivity index (χ1n) is 12.2. The highest BCUT2D eigenvalue weighted by atomic mass is 16.6. The molecule has 3 heterocycles. The van der Waals surface area contributed by atoms with E-state index in [1.165, 1.54) is 24.1 Å². The molecule has 4 rings (SSSR count). The Hall–Kier alpha value is -2.38. The van der Waals surface area contributed by atoms with Crippen molar-refractivity contribution >= 4 is 17.8 Å². The van der Waals surface area contributed by atoms with Crippen LogP contribution in [0.15, 0.2) is 6.33 Å². The molecule has 32 heavy (non-hydrogen) atoms. The lowest BCUT2D eigenvalue weighted by atomic mass is 9.94. The number of anilines is 1. The molecular weight excluding hydrogens is 406 g/mol. The molecule has 8 heteroatoms. The van der Waals surface area contributed by atoms with Crippen molar-refractivity contribution in [3.8, 4) is 0 Å². The molecule has 0 spiro atoms. The summed E-state index contributed by atoms with van der Waals surface area (Å²) in [4.78, 5) is 38.5. The zero-order valence-electron chi connectivity index (χ0n) is 19.7. The van der Waals surface area contributed by atoms with Crippen LogP contribution in [0.1, 0.15) is 70.6 Å². The predicted octanol–water partition coefficient (Wildman–Crippen LogP) is 3.09. The average Bonchev–Trinajstić information content (AvgIpc) is 2.78. The number of aryl methyl sites for hydroxylation is 1. The third kappa shape index (κ3) is 5.51. The van der Waals surface area contributed by atoms with Crippen molar-refractivity contribution < 1.29 is 14.3 Å². The molecule has 2 aliphatic heterocycles. The van der Waals surface area contributed by atoms with Gasteiger partial charge in [0.25, 0.3) is 0 Å². The number of rotatable bonds is 3. The molecule has 1 aromatic heterocycles. The van der Waals surface area contributed by atoms with Gasteiger partial charge in [0.15, 0.2) is 0 Å². The van der Waals surface area contributed by atoms with Crippen molar-refractivity contribution in [3.63, 3.8) is 0 Å². The van der Waals surface area contributed by atoms with E-state index in [9.17, 15) is 9.59 Å². The Morgan fingerprint density at radius 2 is 1.78 bits per heavy atom. The smallest absolute Gasteiger partial charge is 0.410 e. The molecule has 0 unspecified atom stereocenters. The van der Waals surface area contributed by atoms with Crippen molar-refractivity contribution in [2.75, 3.05) is 31.1 Å². The van der Waals surface area contributed by atoms with Crippen LogP contribution < -0.4 is 10.2 Å². The first-order valence-corrected chi connectivity index (χ1v) is 12.2. The van der Waals surface area contributed by atoms with Crippen molar-refractivity contribution in [2.45, 2.75) is 83.8 Å². The Labute approximate surface area is 191 Å². The largest absolute Gasteiger partial charge is 0.444 e. The number of likely N-dealkylation sites (tertiary alicyclic amines) is 1. The second-order valence-electron chi connectivity index (χ2n) is 10.4. The van der Waals surface area contributed by atoms with Crippen molar-refractivity contribution in [1.29, 1.82) is 0 Å². The minimum atomic E-state index is -0.525. The predicted molar refractivity (Wildman–Crippen MR) is 123 cm³/mol. The quantitative estimate of drug-likeness (QED) is 0.772. The number of piperidine rings is 2. The summed E-state index contributed by atoms with van der Waals surface area (Å²) in [6.07, 6.45) is 9.39. The standard InChI is InChI=1S/C24H37N5O3/c1-24(2,3)32-23(31)29-12-6-7-17(15-29)22(30)27-18-10-13-28(14-11-18)21-19-8-4-5-9-20(19)25-16-26-21/h16-18H,4-15H2,1-3H3,(H,27,30)/t17-/m1/s1. The SMILES string of the molecule is CC(C)(C)OC(=O)N1CCC[C@@H](C(=O)NC2CCN(c3ncnc4c3CCCC4)CC2)C1. The number of carbonyl (C=O) groups is 2. The zero-order valence-corrected chi connectivity index (χ0v) is 19.7. The molecule has 2 amide bonds. The van der Waals surface area contributed by atoms with Crippen molar-refractivity contribution in [3.05, 3.63) is 17.6 Å². The van der Waals surface area contributed by atoms with Crippen LogP contribution in [-0.4, -0.2) is 64.7 Å². The van der Waals surface area contributed by atoms with Gasteiger partial charge in [0, 0.05) is 43.5 Å². The molecule has 176 valence electrons. The summed E-state index contributed by atoms with van der Waals surface area (Å²) in [6.45, 7) is 8.47. The van der Waals surface area contributed by atoms with Gasteiger partial charge in [-0.2, -0.15) is 0 Å². The highest BCUT2D eigenvalue weighted by Gasteiger charge is 2.33. The molecule has 2 fully saturated rings. The topological polar surface area (TPSA) is 87.7 Å². The molecule has 1 N–H and O–H groups in total. The van der Waals surface area contributed by atoms with E-state index in [4.69, 9.17) is 4.74 Å². The van der Waals surface area contributed by atoms with Gasteiger partial charge < -0.3 is 19.9 Å². The molecule has 2 saturated heterocycles. The highest BCUT2D eigenvalue weighted by molar-refractivity contribution is 5.80. The van der Waals surface area contributed by atoms with E-state index < -0.39 is 5.60 Å².